The van der Waals surface area contributed by atoms with Crippen molar-refractivity contribution in [2.24, 2.45) is 5.73 Å². The quantitative estimate of drug-likeness (QED) is 0.865. The molecule has 1 amide bonds. The lowest BCUT2D eigenvalue weighted by Crippen LogP contribution is -2.23. The number of carbonyl (C=O) groups is 1. The maximum Gasteiger partial charge on any atom is 0.230 e. The van der Waals surface area contributed by atoms with Crippen LogP contribution >= 0.6 is 11.8 Å². The number of aromatic nitrogens is 3. The Balaban J connectivity index is 2.39. The first kappa shape index (κ1) is 13.6. The zero-order valence-electron chi connectivity index (χ0n) is 11.1. The van der Waals surface area contributed by atoms with Crippen LogP contribution in [0.2, 0.25) is 0 Å². The van der Waals surface area contributed by atoms with Crippen molar-refractivity contribution in [1.29, 1.82) is 0 Å². The molecule has 0 aliphatic rings. The number of thioether (sulfide) groups is 1. The lowest BCUT2D eigenvalue weighted by molar-refractivity contribution is -0.117. The molecular formula is C13H16N4OS. The van der Waals surface area contributed by atoms with Crippen molar-refractivity contribution >= 4 is 17.7 Å². The molecule has 5 nitrogen and oxygen atoms in total. The molecule has 1 atom stereocenters. The number of rotatable bonds is 4. The Labute approximate surface area is 116 Å². The van der Waals surface area contributed by atoms with Gasteiger partial charge in [0.15, 0.2) is 5.16 Å². The molecule has 2 aromatic rings. The standard InChI is InChI=1S/C13H16N4OS/c1-8-4-5-9(2)11(6-8)17-7-15-16-13(17)19-10(3)12(14)18/h4-7,10H,1-3H3,(H2,14,18). The summed E-state index contributed by atoms with van der Waals surface area (Å²) < 4.78 is 1.88. The highest BCUT2D eigenvalue weighted by Gasteiger charge is 2.16. The van der Waals surface area contributed by atoms with Crippen LogP contribution in [0.15, 0.2) is 29.7 Å². The SMILES string of the molecule is Cc1ccc(C)c(-n2cnnc2SC(C)C(N)=O)c1. The molecule has 100 valence electrons. The van der Waals surface area contributed by atoms with Crippen molar-refractivity contribution in [2.75, 3.05) is 0 Å². The number of benzene rings is 1. The van der Waals surface area contributed by atoms with Gasteiger partial charge < -0.3 is 5.73 Å². The summed E-state index contributed by atoms with van der Waals surface area (Å²) in [6.45, 7) is 5.82. The molecular weight excluding hydrogens is 260 g/mol. The summed E-state index contributed by atoms with van der Waals surface area (Å²) in [5.41, 5.74) is 8.58. The molecule has 2 N–H and O–H groups in total. The third-order valence-electron chi connectivity index (χ3n) is 2.82. The lowest BCUT2D eigenvalue weighted by atomic mass is 10.1. The fourth-order valence-corrected chi connectivity index (χ4v) is 2.45. The molecule has 1 aromatic heterocycles. The number of hydrogen-bond donors (Lipinski definition) is 1. The zero-order chi connectivity index (χ0) is 14.0. The van der Waals surface area contributed by atoms with Crippen molar-refractivity contribution in [3.05, 3.63) is 35.7 Å². The van der Waals surface area contributed by atoms with E-state index in [2.05, 4.69) is 28.4 Å². The Morgan fingerprint density at radius 1 is 1.42 bits per heavy atom. The monoisotopic (exact) mass is 276 g/mol. The summed E-state index contributed by atoms with van der Waals surface area (Å²) in [6, 6.07) is 6.18. The van der Waals surface area contributed by atoms with Gasteiger partial charge in [0.05, 0.1) is 10.9 Å². The molecule has 1 heterocycles. The van der Waals surface area contributed by atoms with E-state index in [9.17, 15) is 4.79 Å². The van der Waals surface area contributed by atoms with E-state index in [4.69, 9.17) is 5.73 Å². The van der Waals surface area contributed by atoms with Crippen molar-refractivity contribution in [3.63, 3.8) is 0 Å². The van der Waals surface area contributed by atoms with Crippen LogP contribution in [0.3, 0.4) is 0 Å². The molecule has 0 spiro atoms. The first-order chi connectivity index (χ1) is 8.99. The molecule has 0 aliphatic carbocycles. The van der Waals surface area contributed by atoms with Gasteiger partial charge in [-0.15, -0.1) is 10.2 Å². The van der Waals surface area contributed by atoms with E-state index in [0.717, 1.165) is 16.8 Å². The summed E-state index contributed by atoms with van der Waals surface area (Å²) in [6.07, 6.45) is 1.65. The van der Waals surface area contributed by atoms with Crippen molar-refractivity contribution < 1.29 is 4.79 Å². The highest BCUT2D eigenvalue weighted by atomic mass is 32.2. The molecule has 19 heavy (non-hydrogen) atoms. The molecule has 2 rings (SSSR count). The number of nitrogens with zero attached hydrogens (tertiary/aromatic N) is 3. The molecule has 0 fully saturated rings. The van der Waals surface area contributed by atoms with E-state index < -0.39 is 0 Å². The van der Waals surface area contributed by atoms with Crippen LogP contribution in [0.4, 0.5) is 0 Å². The van der Waals surface area contributed by atoms with Crippen LogP contribution in [0, 0.1) is 13.8 Å². The molecule has 6 heteroatoms. The summed E-state index contributed by atoms with van der Waals surface area (Å²) in [4.78, 5) is 11.1. The summed E-state index contributed by atoms with van der Waals surface area (Å²) >= 11 is 1.31. The number of primary amides is 1. The van der Waals surface area contributed by atoms with Crippen LogP contribution in [-0.4, -0.2) is 25.9 Å². The Hall–Kier alpha value is -1.82. The van der Waals surface area contributed by atoms with Gasteiger partial charge in [-0.25, -0.2) is 0 Å². The molecule has 0 saturated heterocycles. The van der Waals surface area contributed by atoms with Gasteiger partial charge in [0.2, 0.25) is 5.91 Å². The average molecular weight is 276 g/mol. The van der Waals surface area contributed by atoms with Gasteiger partial charge in [0, 0.05) is 0 Å². The summed E-state index contributed by atoms with van der Waals surface area (Å²) in [5, 5.41) is 8.30. The van der Waals surface area contributed by atoms with Crippen LogP contribution < -0.4 is 5.73 Å². The third kappa shape index (κ3) is 2.96. The van der Waals surface area contributed by atoms with Crippen molar-refractivity contribution in [2.45, 2.75) is 31.2 Å². The van der Waals surface area contributed by atoms with E-state index >= 15 is 0 Å². The van der Waals surface area contributed by atoms with Crippen LogP contribution in [0.25, 0.3) is 5.69 Å². The van der Waals surface area contributed by atoms with Crippen LogP contribution in [-0.2, 0) is 4.79 Å². The minimum Gasteiger partial charge on any atom is -0.369 e. The molecule has 1 aromatic carbocycles. The smallest absolute Gasteiger partial charge is 0.230 e. The van der Waals surface area contributed by atoms with Crippen LogP contribution in [0.5, 0.6) is 0 Å². The Kier molecular flexibility index (Phi) is 3.90. The van der Waals surface area contributed by atoms with Gasteiger partial charge in [-0.05, 0) is 38.0 Å². The maximum atomic E-state index is 11.1. The van der Waals surface area contributed by atoms with Gasteiger partial charge in [-0.2, -0.15) is 0 Å². The second kappa shape index (κ2) is 5.44. The first-order valence-electron chi connectivity index (χ1n) is 5.92. The van der Waals surface area contributed by atoms with E-state index in [1.54, 1.807) is 13.3 Å². The van der Waals surface area contributed by atoms with E-state index in [-0.39, 0.29) is 11.2 Å². The summed E-state index contributed by atoms with van der Waals surface area (Å²) in [7, 11) is 0. The first-order valence-corrected chi connectivity index (χ1v) is 6.80. The Bertz CT molecular complexity index is 608. The Morgan fingerprint density at radius 2 is 2.16 bits per heavy atom. The highest BCUT2D eigenvalue weighted by molar-refractivity contribution is 8.00. The second-order valence-corrected chi connectivity index (χ2v) is 5.74. The largest absolute Gasteiger partial charge is 0.369 e. The fraction of sp³-hybridized carbons (Fsp3) is 0.308. The lowest BCUT2D eigenvalue weighted by Gasteiger charge is -2.11. The summed E-state index contributed by atoms with van der Waals surface area (Å²) in [5.74, 6) is -0.361. The maximum absolute atomic E-state index is 11.1. The van der Waals surface area contributed by atoms with Gasteiger partial charge in [-0.1, -0.05) is 23.9 Å². The zero-order valence-corrected chi connectivity index (χ0v) is 11.9. The average Bonchev–Trinajstić information content (AvgIpc) is 2.80. The van der Waals surface area contributed by atoms with Gasteiger partial charge in [0.1, 0.15) is 6.33 Å². The fourth-order valence-electron chi connectivity index (χ4n) is 1.67. The number of nitrogens with two attached hydrogens (primary N) is 1. The van der Waals surface area contributed by atoms with Gasteiger partial charge in [-0.3, -0.25) is 9.36 Å². The Morgan fingerprint density at radius 3 is 2.84 bits per heavy atom. The van der Waals surface area contributed by atoms with E-state index in [1.807, 2.05) is 18.4 Å². The predicted molar refractivity (Wildman–Crippen MR) is 75.3 cm³/mol. The van der Waals surface area contributed by atoms with E-state index in [1.165, 1.54) is 11.8 Å². The topological polar surface area (TPSA) is 73.8 Å². The number of amides is 1. The molecule has 0 saturated carbocycles. The van der Waals surface area contributed by atoms with Gasteiger partial charge >= 0.3 is 0 Å². The van der Waals surface area contributed by atoms with Crippen molar-refractivity contribution in [3.8, 4) is 5.69 Å². The normalized spacial score (nSPS) is 12.4. The molecule has 0 aliphatic heterocycles. The third-order valence-corrected chi connectivity index (χ3v) is 3.90. The van der Waals surface area contributed by atoms with Crippen molar-refractivity contribution in [1.82, 2.24) is 14.8 Å². The number of hydrogen-bond acceptors (Lipinski definition) is 4. The number of carbonyl (C=O) groups excluding carboxylic acids is 1. The molecule has 0 bridgehead atoms. The minimum absolute atomic E-state index is 0.340. The van der Waals surface area contributed by atoms with E-state index in [0.29, 0.717) is 5.16 Å². The predicted octanol–water partition coefficient (Wildman–Crippen LogP) is 1.85. The molecule has 1 unspecified atom stereocenters. The minimum atomic E-state index is -0.361. The second-order valence-electron chi connectivity index (χ2n) is 4.44. The molecule has 0 radical (unpaired) electrons. The highest BCUT2D eigenvalue weighted by Crippen LogP contribution is 2.25. The number of aryl methyl sites for hydroxylation is 2. The van der Waals surface area contributed by atoms with Gasteiger partial charge in [0.25, 0.3) is 0 Å². The van der Waals surface area contributed by atoms with Crippen LogP contribution in [0.1, 0.15) is 18.1 Å².